The van der Waals surface area contributed by atoms with Gasteiger partial charge in [-0.15, -0.1) is 0 Å². The van der Waals surface area contributed by atoms with Gasteiger partial charge in [0.05, 0.1) is 19.9 Å². The van der Waals surface area contributed by atoms with Gasteiger partial charge in [-0.25, -0.2) is 10.2 Å². The van der Waals surface area contributed by atoms with Gasteiger partial charge in [-0.1, -0.05) is 18.2 Å². The lowest BCUT2D eigenvalue weighted by molar-refractivity contribution is 0.0951. The van der Waals surface area contributed by atoms with E-state index in [2.05, 4.69) is 10.5 Å². The summed E-state index contributed by atoms with van der Waals surface area (Å²) in [5, 5.41) is 4.73. The number of rotatable bonds is 5. The molecule has 0 unspecified atom stereocenters. The van der Waals surface area contributed by atoms with Crippen LogP contribution in [-0.4, -0.2) is 25.8 Å². The molecule has 1 amide bonds. The Morgan fingerprint density at radius 2 is 1.81 bits per heavy atom. The molecular formula is C20H18N2O5. The van der Waals surface area contributed by atoms with Crippen LogP contribution in [0.1, 0.15) is 22.8 Å². The van der Waals surface area contributed by atoms with Crippen LogP contribution in [0, 0.1) is 0 Å². The van der Waals surface area contributed by atoms with E-state index in [1.807, 2.05) is 0 Å². The summed E-state index contributed by atoms with van der Waals surface area (Å²) in [5.41, 5.74) is 3.10. The number of para-hydroxylation sites is 1. The molecule has 138 valence electrons. The van der Waals surface area contributed by atoms with E-state index >= 15 is 0 Å². The Balaban J connectivity index is 1.88. The van der Waals surface area contributed by atoms with Crippen LogP contribution in [0.5, 0.6) is 11.5 Å². The average Bonchev–Trinajstić information content (AvgIpc) is 2.70. The highest BCUT2D eigenvalue weighted by Gasteiger charge is 2.14. The van der Waals surface area contributed by atoms with E-state index < -0.39 is 11.5 Å². The van der Waals surface area contributed by atoms with Crippen molar-refractivity contribution in [3.05, 3.63) is 70.1 Å². The van der Waals surface area contributed by atoms with Crippen LogP contribution < -0.4 is 20.5 Å². The van der Waals surface area contributed by atoms with E-state index in [-0.39, 0.29) is 5.56 Å². The zero-order valence-electron chi connectivity index (χ0n) is 15.1. The second kappa shape index (κ2) is 7.74. The number of hydrogen-bond acceptors (Lipinski definition) is 6. The molecule has 0 aliphatic carbocycles. The van der Waals surface area contributed by atoms with Gasteiger partial charge in [0.15, 0.2) is 0 Å². The maximum atomic E-state index is 12.4. The molecule has 0 atom stereocenters. The topological polar surface area (TPSA) is 90.1 Å². The number of fused-ring (bicyclic) bond motifs is 1. The van der Waals surface area contributed by atoms with E-state index in [9.17, 15) is 9.59 Å². The number of benzene rings is 2. The van der Waals surface area contributed by atoms with Crippen molar-refractivity contribution in [1.29, 1.82) is 0 Å². The molecule has 27 heavy (non-hydrogen) atoms. The highest BCUT2D eigenvalue weighted by molar-refractivity contribution is 6.03. The van der Waals surface area contributed by atoms with Gasteiger partial charge in [-0.2, -0.15) is 5.10 Å². The van der Waals surface area contributed by atoms with E-state index in [0.29, 0.717) is 33.7 Å². The van der Waals surface area contributed by atoms with E-state index in [1.165, 1.54) is 13.2 Å². The van der Waals surface area contributed by atoms with Crippen molar-refractivity contribution in [3.63, 3.8) is 0 Å². The monoisotopic (exact) mass is 366 g/mol. The molecular weight excluding hydrogens is 348 g/mol. The number of hydrazone groups is 1. The van der Waals surface area contributed by atoms with Crippen LogP contribution in [0.25, 0.3) is 11.0 Å². The minimum atomic E-state index is -0.724. The summed E-state index contributed by atoms with van der Waals surface area (Å²) in [6.07, 6.45) is 0. The molecule has 7 heteroatoms. The highest BCUT2D eigenvalue weighted by atomic mass is 16.5. The number of nitrogens with one attached hydrogen (secondary N) is 1. The molecule has 3 aromatic rings. The summed E-state index contributed by atoms with van der Waals surface area (Å²) < 4.78 is 15.7. The third-order valence-electron chi connectivity index (χ3n) is 4.01. The summed E-state index contributed by atoms with van der Waals surface area (Å²) in [4.78, 5) is 24.4. The molecule has 0 radical (unpaired) electrons. The van der Waals surface area contributed by atoms with Crippen molar-refractivity contribution in [3.8, 4) is 11.5 Å². The molecule has 0 aliphatic heterocycles. The van der Waals surface area contributed by atoms with Crippen molar-refractivity contribution in [2.75, 3.05) is 14.2 Å². The molecule has 2 aromatic carbocycles. The van der Waals surface area contributed by atoms with Gasteiger partial charge in [0.25, 0.3) is 5.91 Å². The zero-order valence-corrected chi connectivity index (χ0v) is 15.1. The van der Waals surface area contributed by atoms with E-state index in [0.717, 1.165) is 0 Å². The Kier molecular flexibility index (Phi) is 5.21. The maximum Gasteiger partial charge on any atom is 0.349 e. The molecule has 1 heterocycles. The lowest BCUT2D eigenvalue weighted by Gasteiger charge is -2.10. The minimum absolute atomic E-state index is 0.122. The number of ether oxygens (including phenoxy) is 2. The van der Waals surface area contributed by atoms with E-state index in [4.69, 9.17) is 13.9 Å². The largest absolute Gasteiger partial charge is 0.497 e. The van der Waals surface area contributed by atoms with Gasteiger partial charge in [0, 0.05) is 10.9 Å². The number of methoxy groups -OCH3 is 2. The van der Waals surface area contributed by atoms with Crippen LogP contribution >= 0.6 is 0 Å². The number of amides is 1. The Hall–Kier alpha value is -3.61. The van der Waals surface area contributed by atoms with Crippen LogP contribution in [0.4, 0.5) is 0 Å². The predicted octanol–water partition coefficient (Wildman–Crippen LogP) is 2.96. The fourth-order valence-corrected chi connectivity index (χ4v) is 2.57. The fraction of sp³-hybridized carbons (Fsp3) is 0.150. The minimum Gasteiger partial charge on any atom is -0.497 e. The standard InChI is InChI=1S/C20H18N2O5/c1-12(15-11-14(25-2)8-9-18(15)26-3)21-22-19(23)16-10-13-6-4-5-7-17(13)27-20(16)24/h4-11H,1-3H3,(H,22,23)/b21-12+. The van der Waals surface area contributed by atoms with Crippen molar-refractivity contribution in [1.82, 2.24) is 5.43 Å². The lowest BCUT2D eigenvalue weighted by atomic mass is 10.1. The van der Waals surface area contributed by atoms with Gasteiger partial charge in [-0.05, 0) is 37.3 Å². The van der Waals surface area contributed by atoms with E-state index in [1.54, 1.807) is 56.5 Å². The molecule has 1 aromatic heterocycles. The van der Waals surface area contributed by atoms with Gasteiger partial charge in [0.2, 0.25) is 0 Å². The van der Waals surface area contributed by atoms with Gasteiger partial charge >= 0.3 is 5.63 Å². The van der Waals surface area contributed by atoms with Crippen molar-refractivity contribution in [2.45, 2.75) is 6.92 Å². The first-order chi connectivity index (χ1) is 13.0. The van der Waals surface area contributed by atoms with Crippen LogP contribution in [-0.2, 0) is 0 Å². The zero-order chi connectivity index (χ0) is 19.4. The Bertz CT molecular complexity index is 1090. The average molecular weight is 366 g/mol. The smallest absolute Gasteiger partial charge is 0.349 e. The fourth-order valence-electron chi connectivity index (χ4n) is 2.57. The van der Waals surface area contributed by atoms with Crippen molar-refractivity contribution < 1.29 is 18.7 Å². The van der Waals surface area contributed by atoms with Crippen molar-refractivity contribution in [2.24, 2.45) is 5.10 Å². The Labute approximate surface area is 155 Å². The molecule has 7 nitrogen and oxygen atoms in total. The molecule has 0 aliphatic rings. The highest BCUT2D eigenvalue weighted by Crippen LogP contribution is 2.24. The van der Waals surface area contributed by atoms with Gasteiger partial charge in [-0.3, -0.25) is 4.79 Å². The number of carbonyl (C=O) groups excluding carboxylic acids is 1. The summed E-state index contributed by atoms with van der Waals surface area (Å²) in [5.74, 6) is 0.550. The Morgan fingerprint density at radius 3 is 2.56 bits per heavy atom. The first-order valence-corrected chi connectivity index (χ1v) is 8.13. The summed E-state index contributed by atoms with van der Waals surface area (Å²) in [6.45, 7) is 1.71. The molecule has 1 N–H and O–H groups in total. The summed E-state index contributed by atoms with van der Waals surface area (Å²) in [7, 11) is 3.09. The molecule has 0 saturated heterocycles. The van der Waals surface area contributed by atoms with Crippen LogP contribution in [0.15, 0.2) is 62.8 Å². The van der Waals surface area contributed by atoms with Gasteiger partial charge in [0.1, 0.15) is 22.6 Å². The first-order valence-electron chi connectivity index (χ1n) is 8.13. The van der Waals surface area contributed by atoms with Crippen LogP contribution in [0.3, 0.4) is 0 Å². The molecule has 3 rings (SSSR count). The summed E-state index contributed by atoms with van der Waals surface area (Å²) in [6, 6.07) is 13.7. The van der Waals surface area contributed by atoms with Crippen molar-refractivity contribution >= 4 is 22.6 Å². The Morgan fingerprint density at radius 1 is 1.04 bits per heavy atom. The SMILES string of the molecule is COc1ccc(OC)c(/C(C)=N/NC(=O)c2cc3ccccc3oc2=O)c1. The predicted molar refractivity (Wildman–Crippen MR) is 102 cm³/mol. The van der Waals surface area contributed by atoms with Crippen LogP contribution in [0.2, 0.25) is 0 Å². The first kappa shape index (κ1) is 18.2. The number of nitrogens with zero attached hydrogens (tertiary/aromatic N) is 1. The lowest BCUT2D eigenvalue weighted by Crippen LogP contribution is -2.25. The third-order valence-corrected chi connectivity index (χ3v) is 4.01. The third kappa shape index (κ3) is 3.82. The molecule has 0 bridgehead atoms. The summed E-state index contributed by atoms with van der Waals surface area (Å²) >= 11 is 0. The van der Waals surface area contributed by atoms with Gasteiger partial charge < -0.3 is 13.9 Å². The quantitative estimate of drug-likeness (QED) is 0.426. The normalized spacial score (nSPS) is 11.3. The molecule has 0 saturated carbocycles. The second-order valence-corrected chi connectivity index (χ2v) is 5.69. The number of carbonyl (C=O) groups is 1. The molecule has 0 fully saturated rings. The number of hydrogen-bond donors (Lipinski definition) is 1. The second-order valence-electron chi connectivity index (χ2n) is 5.69. The molecule has 0 spiro atoms. The maximum absolute atomic E-state index is 12.4.